The highest BCUT2D eigenvalue weighted by Gasteiger charge is 2.09. The predicted molar refractivity (Wildman–Crippen MR) is 76.1 cm³/mol. The molecule has 102 valence electrons. The van der Waals surface area contributed by atoms with E-state index in [9.17, 15) is 4.39 Å². The Morgan fingerprint density at radius 1 is 1.42 bits per heavy atom. The minimum absolute atomic E-state index is 0.147. The molecule has 0 saturated carbocycles. The summed E-state index contributed by atoms with van der Waals surface area (Å²) in [7, 11) is 0. The Balaban J connectivity index is 2.12. The smallest absolute Gasteiger partial charge is 0.146 e. The van der Waals surface area contributed by atoms with Gasteiger partial charge < -0.3 is 5.32 Å². The molecular weight excluding hydrogens is 265 g/mol. The van der Waals surface area contributed by atoms with Gasteiger partial charge in [-0.3, -0.25) is 4.68 Å². The third-order valence-corrected chi connectivity index (χ3v) is 3.24. The molecule has 0 atom stereocenters. The minimum atomic E-state index is -0.370. The Morgan fingerprint density at radius 3 is 2.79 bits per heavy atom. The first-order valence-corrected chi connectivity index (χ1v) is 6.59. The van der Waals surface area contributed by atoms with Crippen LogP contribution in [0, 0.1) is 12.7 Å². The van der Waals surface area contributed by atoms with Crippen molar-refractivity contribution in [1.82, 2.24) is 9.78 Å². The lowest BCUT2D eigenvalue weighted by Gasteiger charge is -2.07. The van der Waals surface area contributed by atoms with Crippen molar-refractivity contribution in [2.24, 2.45) is 0 Å². The number of anilines is 1. The molecule has 5 heteroatoms. The zero-order valence-corrected chi connectivity index (χ0v) is 12.0. The topological polar surface area (TPSA) is 29.9 Å². The van der Waals surface area contributed by atoms with Gasteiger partial charge in [-0.25, -0.2) is 4.39 Å². The van der Waals surface area contributed by atoms with Crippen molar-refractivity contribution in [3.05, 3.63) is 46.5 Å². The second-order valence-electron chi connectivity index (χ2n) is 4.77. The molecule has 3 nitrogen and oxygen atoms in total. The molecule has 0 spiro atoms. The number of nitrogens with zero attached hydrogens (tertiary/aromatic N) is 2. The van der Waals surface area contributed by atoms with Crippen LogP contribution in [0.3, 0.4) is 0 Å². The van der Waals surface area contributed by atoms with Crippen molar-refractivity contribution in [3.8, 4) is 0 Å². The van der Waals surface area contributed by atoms with Gasteiger partial charge in [0, 0.05) is 24.3 Å². The van der Waals surface area contributed by atoms with Crippen molar-refractivity contribution < 1.29 is 4.39 Å². The molecule has 2 rings (SSSR count). The molecule has 19 heavy (non-hydrogen) atoms. The lowest BCUT2D eigenvalue weighted by atomic mass is 10.2. The number of halogens is 2. The molecule has 1 heterocycles. The molecule has 1 N–H and O–H groups in total. The van der Waals surface area contributed by atoms with E-state index in [4.69, 9.17) is 11.6 Å². The maximum absolute atomic E-state index is 13.7. The average Bonchev–Trinajstić information content (AvgIpc) is 2.73. The summed E-state index contributed by atoms with van der Waals surface area (Å²) >= 11 is 5.75. The van der Waals surface area contributed by atoms with E-state index in [2.05, 4.69) is 24.3 Å². The summed E-state index contributed by atoms with van der Waals surface area (Å²) in [6.45, 7) is 6.44. The molecular formula is C14H17ClFN3. The molecule has 0 bridgehead atoms. The lowest BCUT2D eigenvalue weighted by molar-refractivity contribution is 0.529. The van der Waals surface area contributed by atoms with Crippen LogP contribution in [0.25, 0.3) is 0 Å². The monoisotopic (exact) mass is 281 g/mol. The van der Waals surface area contributed by atoms with E-state index in [0.29, 0.717) is 18.2 Å². The van der Waals surface area contributed by atoms with Gasteiger partial charge in [-0.1, -0.05) is 23.7 Å². The number of aryl methyl sites for hydroxylation is 1. The van der Waals surface area contributed by atoms with Crippen molar-refractivity contribution in [1.29, 1.82) is 0 Å². The summed E-state index contributed by atoms with van der Waals surface area (Å²) in [5, 5.41) is 7.73. The van der Waals surface area contributed by atoms with Crippen LogP contribution in [-0.4, -0.2) is 9.78 Å². The zero-order valence-electron chi connectivity index (χ0n) is 11.2. The maximum Gasteiger partial charge on any atom is 0.146 e. The molecule has 1 aromatic carbocycles. The lowest BCUT2D eigenvalue weighted by Crippen LogP contribution is -2.02. The Hall–Kier alpha value is -1.55. The molecule has 1 aromatic heterocycles. The number of benzene rings is 1. The largest absolute Gasteiger partial charge is 0.378 e. The van der Waals surface area contributed by atoms with Crippen LogP contribution in [-0.2, 0) is 6.54 Å². The summed E-state index contributed by atoms with van der Waals surface area (Å²) in [5.41, 5.74) is 2.36. The van der Waals surface area contributed by atoms with Crippen molar-refractivity contribution in [2.45, 2.75) is 33.4 Å². The third kappa shape index (κ3) is 3.07. The van der Waals surface area contributed by atoms with Crippen molar-refractivity contribution in [2.75, 3.05) is 5.32 Å². The molecule has 0 saturated heterocycles. The van der Waals surface area contributed by atoms with Crippen LogP contribution < -0.4 is 5.32 Å². The van der Waals surface area contributed by atoms with E-state index in [1.54, 1.807) is 18.2 Å². The Kier molecular flexibility index (Phi) is 4.10. The van der Waals surface area contributed by atoms with Crippen LogP contribution >= 0.6 is 11.6 Å². The van der Waals surface area contributed by atoms with Crippen LogP contribution in [0.5, 0.6) is 0 Å². The average molecular weight is 282 g/mol. The second kappa shape index (κ2) is 5.61. The normalized spacial score (nSPS) is 11.1. The summed E-state index contributed by atoms with van der Waals surface area (Å²) < 4.78 is 15.6. The van der Waals surface area contributed by atoms with Gasteiger partial charge in [-0.2, -0.15) is 5.10 Å². The number of rotatable bonds is 4. The standard InChI is InChI=1S/C14H17ClFN3/c1-9(2)19-8-13(10(3)18-19)17-7-11-5-4-6-12(15)14(11)16/h4-6,8-9,17H,7H2,1-3H3. The van der Waals surface area contributed by atoms with E-state index >= 15 is 0 Å². The molecule has 0 fully saturated rings. The molecule has 0 radical (unpaired) electrons. The van der Waals surface area contributed by atoms with E-state index < -0.39 is 0 Å². The molecule has 0 aliphatic carbocycles. The SMILES string of the molecule is Cc1nn(C(C)C)cc1NCc1cccc(Cl)c1F. The van der Waals surface area contributed by atoms with E-state index in [1.807, 2.05) is 17.8 Å². The van der Waals surface area contributed by atoms with Gasteiger partial charge in [-0.15, -0.1) is 0 Å². The third-order valence-electron chi connectivity index (χ3n) is 2.95. The fourth-order valence-corrected chi connectivity index (χ4v) is 1.99. The number of hydrogen-bond acceptors (Lipinski definition) is 2. The first-order valence-electron chi connectivity index (χ1n) is 6.21. The van der Waals surface area contributed by atoms with Crippen LogP contribution in [0.4, 0.5) is 10.1 Å². The summed E-state index contributed by atoms with van der Waals surface area (Å²) in [4.78, 5) is 0. The fraction of sp³-hybridized carbons (Fsp3) is 0.357. The van der Waals surface area contributed by atoms with E-state index in [-0.39, 0.29) is 10.8 Å². The highest BCUT2D eigenvalue weighted by molar-refractivity contribution is 6.30. The predicted octanol–water partition coefficient (Wildman–Crippen LogP) is 4.18. The molecule has 0 unspecified atom stereocenters. The molecule has 0 aliphatic heterocycles. The maximum atomic E-state index is 13.7. The van der Waals surface area contributed by atoms with Gasteiger partial charge >= 0.3 is 0 Å². The zero-order chi connectivity index (χ0) is 14.0. The minimum Gasteiger partial charge on any atom is -0.378 e. The quantitative estimate of drug-likeness (QED) is 0.911. The summed E-state index contributed by atoms with van der Waals surface area (Å²) in [5.74, 6) is -0.370. The van der Waals surface area contributed by atoms with Gasteiger partial charge in [0.1, 0.15) is 5.82 Å². The highest BCUT2D eigenvalue weighted by Crippen LogP contribution is 2.20. The van der Waals surface area contributed by atoms with Crippen molar-refractivity contribution >= 4 is 17.3 Å². The van der Waals surface area contributed by atoms with Gasteiger partial charge in [0.05, 0.1) is 16.4 Å². The Bertz CT molecular complexity index is 578. The van der Waals surface area contributed by atoms with Crippen LogP contribution in [0.15, 0.2) is 24.4 Å². The van der Waals surface area contributed by atoms with Gasteiger partial charge in [-0.05, 0) is 26.8 Å². The van der Waals surface area contributed by atoms with Gasteiger partial charge in [0.25, 0.3) is 0 Å². The molecule has 0 amide bonds. The number of nitrogens with one attached hydrogen (secondary N) is 1. The van der Waals surface area contributed by atoms with Crippen LogP contribution in [0.1, 0.15) is 31.1 Å². The van der Waals surface area contributed by atoms with Crippen LogP contribution in [0.2, 0.25) is 5.02 Å². The first kappa shape index (κ1) is 13.9. The van der Waals surface area contributed by atoms with E-state index in [1.165, 1.54) is 0 Å². The number of aromatic nitrogens is 2. The number of hydrogen-bond donors (Lipinski definition) is 1. The van der Waals surface area contributed by atoms with E-state index in [0.717, 1.165) is 11.4 Å². The summed E-state index contributed by atoms with van der Waals surface area (Å²) in [6.07, 6.45) is 1.93. The first-order chi connectivity index (χ1) is 8.99. The second-order valence-corrected chi connectivity index (χ2v) is 5.18. The highest BCUT2D eigenvalue weighted by atomic mass is 35.5. The molecule has 0 aliphatic rings. The van der Waals surface area contributed by atoms with Gasteiger partial charge in [0.2, 0.25) is 0 Å². The summed E-state index contributed by atoms with van der Waals surface area (Å²) in [6, 6.07) is 5.31. The van der Waals surface area contributed by atoms with Crippen molar-refractivity contribution in [3.63, 3.8) is 0 Å². The molecule has 2 aromatic rings. The van der Waals surface area contributed by atoms with Gasteiger partial charge in [0.15, 0.2) is 0 Å². The Labute approximate surface area is 117 Å². The fourth-order valence-electron chi connectivity index (χ4n) is 1.80. The Morgan fingerprint density at radius 2 is 2.16 bits per heavy atom.